The van der Waals surface area contributed by atoms with Crippen LogP contribution < -0.4 is 4.74 Å². The quantitative estimate of drug-likeness (QED) is 0.545. The van der Waals surface area contributed by atoms with Crippen molar-refractivity contribution in [1.82, 2.24) is 4.90 Å². The highest BCUT2D eigenvalue weighted by atomic mass is 16.5. The highest BCUT2D eigenvalue weighted by molar-refractivity contribution is 5.98. The molecule has 3 rings (SSSR count). The molecule has 0 N–H and O–H groups in total. The van der Waals surface area contributed by atoms with E-state index in [9.17, 15) is 14.9 Å². The minimum atomic E-state index is -0.623. The van der Waals surface area contributed by atoms with Crippen molar-refractivity contribution < 1.29 is 19.1 Å². The number of carbonyl (C=O) groups is 2. The Morgan fingerprint density at radius 1 is 0.935 bits per heavy atom. The molecular weight excluding hydrogens is 392 g/mol. The van der Waals surface area contributed by atoms with Gasteiger partial charge in [-0.1, -0.05) is 54.6 Å². The molecule has 0 fully saturated rings. The van der Waals surface area contributed by atoms with Crippen LogP contribution in [0.5, 0.6) is 5.75 Å². The number of nitrogens with zero attached hydrogens (tertiary/aromatic N) is 2. The Hall–Kier alpha value is -4.11. The topological polar surface area (TPSA) is 79.6 Å². The molecule has 0 aliphatic rings. The maximum absolute atomic E-state index is 12.7. The molecule has 0 saturated carbocycles. The van der Waals surface area contributed by atoms with Crippen molar-refractivity contribution in [3.8, 4) is 22.9 Å². The van der Waals surface area contributed by atoms with Crippen molar-refractivity contribution in [3.63, 3.8) is 0 Å². The fraction of sp³-hybridized carbons (Fsp3) is 0.160. The summed E-state index contributed by atoms with van der Waals surface area (Å²) in [4.78, 5) is 26.7. The van der Waals surface area contributed by atoms with Gasteiger partial charge in [0.05, 0.1) is 24.3 Å². The second-order valence-corrected chi connectivity index (χ2v) is 6.84. The summed E-state index contributed by atoms with van der Waals surface area (Å²) in [6, 6.07) is 23.4. The fourth-order valence-corrected chi connectivity index (χ4v) is 3.20. The number of para-hydroxylation sites is 1. The zero-order chi connectivity index (χ0) is 22.2. The van der Waals surface area contributed by atoms with Crippen molar-refractivity contribution in [2.45, 2.75) is 6.54 Å². The Morgan fingerprint density at radius 3 is 2.32 bits per heavy atom. The van der Waals surface area contributed by atoms with Gasteiger partial charge in [-0.3, -0.25) is 4.79 Å². The van der Waals surface area contributed by atoms with Crippen LogP contribution in [0.3, 0.4) is 0 Å². The van der Waals surface area contributed by atoms with Gasteiger partial charge in [0.1, 0.15) is 5.75 Å². The van der Waals surface area contributed by atoms with E-state index in [1.54, 1.807) is 62.7 Å². The number of methoxy groups -OCH3 is 1. The summed E-state index contributed by atoms with van der Waals surface area (Å²) in [5, 5.41) is 9.38. The SMILES string of the molecule is COc1ccccc1CN(C)C(=O)COC(=O)c1ccccc1-c1ccccc1C#N. The average Bonchev–Trinajstić information content (AvgIpc) is 2.82. The molecule has 0 saturated heterocycles. The van der Waals surface area contributed by atoms with Gasteiger partial charge in [-0.15, -0.1) is 0 Å². The molecule has 0 aromatic heterocycles. The number of hydrogen-bond acceptors (Lipinski definition) is 5. The van der Waals surface area contributed by atoms with E-state index in [2.05, 4.69) is 6.07 Å². The Morgan fingerprint density at radius 2 is 1.58 bits per heavy atom. The summed E-state index contributed by atoms with van der Waals surface area (Å²) >= 11 is 0. The smallest absolute Gasteiger partial charge is 0.339 e. The molecule has 31 heavy (non-hydrogen) atoms. The molecular formula is C25H22N2O4. The molecule has 3 aromatic rings. The summed E-state index contributed by atoms with van der Waals surface area (Å²) in [5.74, 6) is -0.277. The van der Waals surface area contributed by atoms with Crippen molar-refractivity contribution in [3.05, 3.63) is 89.5 Å². The fourth-order valence-electron chi connectivity index (χ4n) is 3.20. The van der Waals surface area contributed by atoms with Gasteiger partial charge in [0, 0.05) is 24.7 Å². The third-order valence-electron chi connectivity index (χ3n) is 4.84. The number of ether oxygens (including phenoxy) is 2. The van der Waals surface area contributed by atoms with E-state index in [-0.39, 0.29) is 5.91 Å². The van der Waals surface area contributed by atoms with E-state index in [1.165, 1.54) is 4.90 Å². The summed E-state index contributed by atoms with van der Waals surface area (Å²) < 4.78 is 10.6. The number of likely N-dealkylation sites (N-methyl/N-ethyl adjacent to an activating group) is 1. The Labute approximate surface area is 181 Å². The molecule has 3 aromatic carbocycles. The summed E-state index contributed by atoms with van der Waals surface area (Å²) in [7, 11) is 3.21. The maximum atomic E-state index is 12.7. The summed E-state index contributed by atoms with van der Waals surface area (Å²) in [5.41, 5.74) is 2.82. The number of carbonyl (C=O) groups excluding carboxylic acids is 2. The van der Waals surface area contributed by atoms with Gasteiger partial charge >= 0.3 is 5.97 Å². The van der Waals surface area contributed by atoms with Crippen molar-refractivity contribution in [1.29, 1.82) is 5.26 Å². The van der Waals surface area contributed by atoms with Gasteiger partial charge in [0.15, 0.2) is 6.61 Å². The van der Waals surface area contributed by atoms with E-state index in [1.807, 2.05) is 24.3 Å². The first-order valence-electron chi connectivity index (χ1n) is 9.66. The second-order valence-electron chi connectivity index (χ2n) is 6.84. The lowest BCUT2D eigenvalue weighted by Crippen LogP contribution is -2.31. The lowest BCUT2D eigenvalue weighted by atomic mass is 9.96. The van der Waals surface area contributed by atoms with Gasteiger partial charge in [-0.2, -0.15) is 5.26 Å². The molecule has 156 valence electrons. The molecule has 0 unspecified atom stereocenters. The highest BCUT2D eigenvalue weighted by Crippen LogP contribution is 2.27. The zero-order valence-corrected chi connectivity index (χ0v) is 17.4. The first-order valence-corrected chi connectivity index (χ1v) is 9.66. The van der Waals surface area contributed by atoms with Crippen LogP contribution in [0.2, 0.25) is 0 Å². The van der Waals surface area contributed by atoms with E-state index >= 15 is 0 Å². The monoisotopic (exact) mass is 414 g/mol. The Bertz CT molecular complexity index is 1130. The molecule has 0 heterocycles. The summed E-state index contributed by atoms with van der Waals surface area (Å²) in [6.45, 7) is -0.0642. The van der Waals surface area contributed by atoms with Crippen LogP contribution in [0.4, 0.5) is 0 Å². The molecule has 6 heteroatoms. The first-order chi connectivity index (χ1) is 15.0. The van der Waals surface area contributed by atoms with E-state index in [0.717, 1.165) is 5.56 Å². The molecule has 1 amide bonds. The zero-order valence-electron chi connectivity index (χ0n) is 17.4. The third kappa shape index (κ3) is 5.09. The van der Waals surface area contributed by atoms with E-state index in [4.69, 9.17) is 9.47 Å². The van der Waals surface area contributed by atoms with Gasteiger partial charge in [-0.25, -0.2) is 4.79 Å². The van der Waals surface area contributed by atoms with Crippen LogP contribution >= 0.6 is 0 Å². The van der Waals surface area contributed by atoms with Crippen LogP contribution in [-0.2, 0) is 16.1 Å². The Balaban J connectivity index is 1.70. The molecule has 0 spiro atoms. The molecule has 0 aliphatic heterocycles. The number of rotatable bonds is 7. The number of benzene rings is 3. The molecule has 0 aliphatic carbocycles. The number of hydrogen-bond donors (Lipinski definition) is 0. The molecule has 0 bridgehead atoms. The number of amides is 1. The minimum Gasteiger partial charge on any atom is -0.496 e. The predicted molar refractivity (Wildman–Crippen MR) is 116 cm³/mol. The third-order valence-corrected chi connectivity index (χ3v) is 4.84. The molecule has 0 radical (unpaired) electrons. The minimum absolute atomic E-state index is 0.297. The van der Waals surface area contributed by atoms with E-state index < -0.39 is 12.6 Å². The van der Waals surface area contributed by atoms with Gasteiger partial charge in [-0.05, 0) is 23.8 Å². The van der Waals surface area contributed by atoms with Gasteiger partial charge in [0.2, 0.25) is 0 Å². The first kappa shape index (κ1) is 21.6. The van der Waals surface area contributed by atoms with Crippen molar-refractivity contribution in [2.75, 3.05) is 20.8 Å². The lowest BCUT2D eigenvalue weighted by Gasteiger charge is -2.19. The van der Waals surface area contributed by atoms with Gasteiger partial charge < -0.3 is 14.4 Å². The standard InChI is InChI=1S/C25H22N2O4/c1-27(16-19-10-4-8-14-23(19)30-2)24(28)17-31-25(29)22-13-7-6-12-21(22)20-11-5-3-9-18(20)15-26/h3-14H,16-17H2,1-2H3. The number of nitriles is 1. The second kappa shape index (κ2) is 10.1. The van der Waals surface area contributed by atoms with Crippen LogP contribution in [0.25, 0.3) is 11.1 Å². The van der Waals surface area contributed by atoms with Crippen LogP contribution in [0.15, 0.2) is 72.8 Å². The maximum Gasteiger partial charge on any atom is 0.339 e. The van der Waals surface area contributed by atoms with Crippen molar-refractivity contribution in [2.24, 2.45) is 0 Å². The Kier molecular flexibility index (Phi) is 7.02. The lowest BCUT2D eigenvalue weighted by molar-refractivity contribution is -0.133. The predicted octanol–water partition coefficient (Wildman–Crippen LogP) is 4.05. The normalized spacial score (nSPS) is 10.1. The largest absolute Gasteiger partial charge is 0.496 e. The van der Waals surface area contributed by atoms with Crippen LogP contribution in [-0.4, -0.2) is 37.5 Å². The van der Waals surface area contributed by atoms with Crippen LogP contribution in [0.1, 0.15) is 21.5 Å². The highest BCUT2D eigenvalue weighted by Gasteiger charge is 2.19. The van der Waals surface area contributed by atoms with Gasteiger partial charge in [0.25, 0.3) is 5.91 Å². The molecule has 0 atom stereocenters. The number of esters is 1. The van der Waals surface area contributed by atoms with Crippen LogP contribution in [0, 0.1) is 11.3 Å². The van der Waals surface area contributed by atoms with Crippen molar-refractivity contribution >= 4 is 11.9 Å². The summed E-state index contributed by atoms with van der Waals surface area (Å²) in [6.07, 6.45) is 0. The molecule has 6 nitrogen and oxygen atoms in total. The average molecular weight is 414 g/mol. The van der Waals surface area contributed by atoms with E-state index in [0.29, 0.717) is 34.5 Å².